The topological polar surface area (TPSA) is 99.9 Å². The Kier molecular flexibility index (Phi) is 6.95. The van der Waals surface area contributed by atoms with Gasteiger partial charge in [0, 0.05) is 16.2 Å². The van der Waals surface area contributed by atoms with Crippen LogP contribution in [0.4, 0.5) is 8.78 Å². The summed E-state index contributed by atoms with van der Waals surface area (Å²) in [6.07, 6.45) is 2.07. The number of hydrogen-bond acceptors (Lipinski definition) is 5. The van der Waals surface area contributed by atoms with Crippen LogP contribution in [0.2, 0.25) is 0 Å². The van der Waals surface area contributed by atoms with Crippen molar-refractivity contribution in [2.45, 2.75) is 55.6 Å². The van der Waals surface area contributed by atoms with Crippen molar-refractivity contribution >= 4 is 36.8 Å². The summed E-state index contributed by atoms with van der Waals surface area (Å²) in [5.41, 5.74) is -1.86. The van der Waals surface area contributed by atoms with E-state index in [2.05, 4.69) is 25.6 Å². The van der Waals surface area contributed by atoms with Crippen LogP contribution in [0.25, 0.3) is 0 Å². The van der Waals surface area contributed by atoms with Crippen molar-refractivity contribution < 1.29 is 21.4 Å². The minimum Gasteiger partial charge on any atom is -0.248 e. The molecule has 3 atom stereocenters. The quantitative estimate of drug-likeness (QED) is 0.539. The molecule has 29 heavy (non-hydrogen) atoms. The average molecular weight is 512 g/mol. The van der Waals surface area contributed by atoms with Gasteiger partial charge in [-0.25, -0.2) is 26.7 Å². The van der Waals surface area contributed by atoms with Gasteiger partial charge in [0.2, 0.25) is 5.95 Å². The Balaban J connectivity index is 2.60. The predicted molar refractivity (Wildman–Crippen MR) is 111 cm³/mol. The number of sulfone groups is 1. The molecule has 0 aromatic carbocycles. The average Bonchev–Trinajstić information content (AvgIpc) is 3.42. The van der Waals surface area contributed by atoms with Gasteiger partial charge in [-0.05, 0) is 68.5 Å². The van der Waals surface area contributed by atoms with Crippen molar-refractivity contribution in [1.29, 1.82) is 5.26 Å². The van der Waals surface area contributed by atoms with E-state index < -0.39 is 60.1 Å². The molecule has 0 radical (unpaired) electrons. The van der Waals surface area contributed by atoms with Gasteiger partial charge in [0.1, 0.15) is 6.67 Å². The minimum absolute atomic E-state index is 0.144. The molecule has 1 aromatic rings. The van der Waals surface area contributed by atoms with E-state index in [9.17, 15) is 26.7 Å². The van der Waals surface area contributed by atoms with E-state index in [0.29, 0.717) is 17.3 Å². The predicted octanol–water partition coefficient (Wildman–Crippen LogP) is 3.31. The molecule has 1 N–H and O–H groups in total. The lowest BCUT2D eigenvalue weighted by Crippen LogP contribution is -2.55. The van der Waals surface area contributed by atoms with E-state index in [0.717, 1.165) is 0 Å². The summed E-state index contributed by atoms with van der Waals surface area (Å²) in [4.78, 5) is 3.61. The lowest BCUT2D eigenvalue weighted by atomic mass is 9.97. The van der Waals surface area contributed by atoms with Crippen LogP contribution in [0.15, 0.2) is 16.7 Å². The zero-order chi connectivity index (χ0) is 22.3. The third-order valence-electron chi connectivity index (χ3n) is 4.93. The number of nitriles is 1. The number of rotatable bonds is 8. The largest absolute Gasteiger partial charge is 0.248 e. The van der Waals surface area contributed by atoms with Gasteiger partial charge in [0.15, 0.2) is 14.6 Å². The monoisotopic (exact) mass is 511 g/mol. The first-order chi connectivity index (χ1) is 13.2. The van der Waals surface area contributed by atoms with Crippen LogP contribution in [-0.2, 0) is 26.4 Å². The molecule has 0 saturated heterocycles. The Morgan fingerprint density at radius 2 is 1.97 bits per heavy atom. The fraction of sp³-hybridized carbons (Fsp3) is 0.667. The fourth-order valence-corrected chi connectivity index (χ4v) is 6.64. The maximum atomic E-state index is 14.6. The van der Waals surface area contributed by atoms with Crippen molar-refractivity contribution in [2.24, 2.45) is 5.92 Å². The van der Waals surface area contributed by atoms with Gasteiger partial charge < -0.3 is 0 Å². The molecule has 1 aromatic heterocycles. The molecule has 11 heteroatoms. The van der Waals surface area contributed by atoms with Crippen molar-refractivity contribution in [3.05, 3.63) is 28.2 Å². The standard InChI is InChI=1S/C18H24BrF2N3O3S2/c1-16(2,3)28(25)24-17(4,14-7-13(19)8-23-15(14)21)11-29(26,27)18(9-20,10-22)12-5-6-12/h7-8,12,24H,5-6,9,11H2,1-4H3/t17-,18?,28+/m0/s1. The van der Waals surface area contributed by atoms with Crippen LogP contribution in [0.5, 0.6) is 0 Å². The second kappa shape index (κ2) is 8.29. The van der Waals surface area contributed by atoms with Crippen LogP contribution in [0, 0.1) is 23.2 Å². The lowest BCUT2D eigenvalue weighted by molar-refractivity contribution is 0.386. The highest BCUT2D eigenvalue weighted by molar-refractivity contribution is 9.10. The van der Waals surface area contributed by atoms with Crippen molar-refractivity contribution in [3.63, 3.8) is 0 Å². The van der Waals surface area contributed by atoms with Gasteiger partial charge in [-0.2, -0.15) is 9.65 Å². The van der Waals surface area contributed by atoms with Crippen molar-refractivity contribution in [2.75, 3.05) is 12.4 Å². The Morgan fingerprint density at radius 3 is 2.41 bits per heavy atom. The molecule has 1 saturated carbocycles. The first kappa shape index (κ1) is 24.3. The number of alkyl halides is 1. The normalized spacial score (nSPS) is 20.3. The Labute approximate surface area is 181 Å². The maximum absolute atomic E-state index is 14.6. The molecule has 1 aliphatic rings. The molecule has 6 nitrogen and oxygen atoms in total. The van der Waals surface area contributed by atoms with Gasteiger partial charge in [-0.1, -0.05) is 0 Å². The summed E-state index contributed by atoms with van der Waals surface area (Å²) < 4.78 is 67.9. The molecule has 162 valence electrons. The van der Waals surface area contributed by atoms with Gasteiger partial charge in [0.25, 0.3) is 0 Å². The molecule has 0 spiro atoms. The van der Waals surface area contributed by atoms with Gasteiger partial charge >= 0.3 is 0 Å². The Hall–Kier alpha value is -0.960. The summed E-state index contributed by atoms with van der Waals surface area (Å²) >= 11 is 3.18. The molecule has 1 unspecified atom stereocenters. The highest BCUT2D eigenvalue weighted by Crippen LogP contribution is 2.46. The summed E-state index contributed by atoms with van der Waals surface area (Å²) in [5.74, 6) is -2.37. The molecule has 0 aliphatic heterocycles. The number of halogens is 3. The minimum atomic E-state index is -4.39. The molecule has 0 amide bonds. The smallest absolute Gasteiger partial charge is 0.218 e. The third-order valence-corrected chi connectivity index (χ3v) is 9.72. The zero-order valence-corrected chi connectivity index (χ0v) is 19.8. The SMILES string of the molecule is CC(C)(C)[S@@](=O)N[C@@](C)(CS(=O)(=O)C(C#N)(CF)C1CC1)c1cc(Br)cnc1F. The van der Waals surface area contributed by atoms with Crippen LogP contribution in [0.3, 0.4) is 0 Å². The maximum Gasteiger partial charge on any atom is 0.218 e. The van der Waals surface area contributed by atoms with E-state index in [1.807, 2.05) is 0 Å². The fourth-order valence-electron chi connectivity index (χ4n) is 3.02. The summed E-state index contributed by atoms with van der Waals surface area (Å²) in [6, 6.07) is 3.00. The van der Waals surface area contributed by atoms with Crippen LogP contribution in [-0.4, -0.2) is 39.5 Å². The number of pyridine rings is 1. The van der Waals surface area contributed by atoms with Crippen molar-refractivity contribution in [1.82, 2.24) is 9.71 Å². The number of hydrogen-bond donors (Lipinski definition) is 1. The second-order valence-corrected chi connectivity index (χ2v) is 13.6. The third kappa shape index (κ3) is 4.86. The summed E-state index contributed by atoms with van der Waals surface area (Å²) in [6.45, 7) is 5.03. The second-order valence-electron chi connectivity index (χ2n) is 8.48. The molecule has 1 heterocycles. The van der Waals surface area contributed by atoms with E-state index in [1.54, 1.807) is 26.8 Å². The Morgan fingerprint density at radius 1 is 1.38 bits per heavy atom. The highest BCUT2D eigenvalue weighted by atomic mass is 79.9. The molecular formula is C18H24BrF2N3O3S2. The van der Waals surface area contributed by atoms with E-state index in [-0.39, 0.29) is 5.56 Å². The van der Waals surface area contributed by atoms with Crippen molar-refractivity contribution in [3.8, 4) is 6.07 Å². The van der Waals surface area contributed by atoms with Crippen LogP contribution < -0.4 is 4.72 Å². The molecular weight excluding hydrogens is 488 g/mol. The summed E-state index contributed by atoms with van der Waals surface area (Å²) in [5, 5.41) is 9.56. The first-order valence-corrected chi connectivity index (χ1v) is 12.5. The highest BCUT2D eigenvalue weighted by Gasteiger charge is 2.57. The number of nitrogens with one attached hydrogen (secondary N) is 1. The molecule has 1 aliphatic carbocycles. The van der Waals surface area contributed by atoms with Gasteiger partial charge in [0.05, 0.1) is 33.1 Å². The molecule has 0 bridgehead atoms. The molecule has 1 fully saturated rings. The number of nitrogens with zero attached hydrogens (tertiary/aromatic N) is 2. The number of aromatic nitrogens is 1. The molecule has 2 rings (SSSR count). The van der Waals surface area contributed by atoms with Crippen LogP contribution in [0.1, 0.15) is 46.1 Å². The zero-order valence-electron chi connectivity index (χ0n) is 16.6. The van der Waals surface area contributed by atoms with E-state index in [4.69, 9.17) is 0 Å². The van der Waals surface area contributed by atoms with E-state index >= 15 is 0 Å². The lowest BCUT2D eigenvalue weighted by Gasteiger charge is -2.36. The van der Waals surface area contributed by atoms with E-state index in [1.165, 1.54) is 19.2 Å². The van der Waals surface area contributed by atoms with Gasteiger partial charge in [-0.15, -0.1) is 0 Å². The van der Waals surface area contributed by atoms with Crippen LogP contribution >= 0.6 is 15.9 Å². The van der Waals surface area contributed by atoms with Gasteiger partial charge in [-0.3, -0.25) is 0 Å². The summed E-state index contributed by atoms with van der Waals surface area (Å²) in [7, 11) is -6.17. The Bertz CT molecular complexity index is 958. The first-order valence-electron chi connectivity index (χ1n) is 8.93.